The molecule has 0 saturated carbocycles. The molecule has 0 aromatic heterocycles. The molecule has 1 aliphatic heterocycles. The van der Waals surface area contributed by atoms with E-state index in [4.69, 9.17) is 5.73 Å². The highest BCUT2D eigenvalue weighted by Gasteiger charge is 2.38. The molecule has 1 aliphatic rings. The number of ether oxygens (including phenoxy) is 1. The van der Waals surface area contributed by atoms with E-state index in [0.717, 1.165) is 6.42 Å². The molecule has 1 saturated heterocycles. The normalized spacial score (nSPS) is 22.1. The number of likely N-dealkylation sites (tertiary alicyclic amines) is 1. The minimum atomic E-state index is -4.52. The fourth-order valence-corrected chi connectivity index (χ4v) is 1.52. The molecule has 0 amide bonds. The van der Waals surface area contributed by atoms with E-state index in [2.05, 4.69) is 4.74 Å². The number of rotatable bonds is 4. The molecule has 0 aromatic carbocycles. The van der Waals surface area contributed by atoms with Gasteiger partial charge in [-0.25, -0.2) is 0 Å². The maximum absolute atomic E-state index is 11.6. The van der Waals surface area contributed by atoms with Crippen LogP contribution >= 0.6 is 0 Å². The Balaban J connectivity index is 2.07. The molecule has 14 heavy (non-hydrogen) atoms. The maximum atomic E-state index is 11.6. The molecule has 0 aromatic rings. The summed E-state index contributed by atoms with van der Waals surface area (Å²) in [6.07, 6.45) is -3.67. The third-order valence-electron chi connectivity index (χ3n) is 2.45. The van der Waals surface area contributed by atoms with Crippen molar-refractivity contribution in [3.05, 3.63) is 0 Å². The largest absolute Gasteiger partial charge is 0.522 e. The molecule has 0 spiro atoms. The van der Waals surface area contributed by atoms with Gasteiger partial charge in [0.25, 0.3) is 0 Å². The van der Waals surface area contributed by atoms with Gasteiger partial charge in [0, 0.05) is 25.2 Å². The van der Waals surface area contributed by atoms with Gasteiger partial charge in [0.2, 0.25) is 0 Å². The highest BCUT2D eigenvalue weighted by Crippen LogP contribution is 2.21. The van der Waals surface area contributed by atoms with Crippen molar-refractivity contribution in [2.24, 2.45) is 5.73 Å². The quantitative estimate of drug-likeness (QED) is 0.754. The highest BCUT2D eigenvalue weighted by atomic mass is 19.4. The van der Waals surface area contributed by atoms with Gasteiger partial charge in [0.1, 0.15) is 0 Å². The van der Waals surface area contributed by atoms with Crippen LogP contribution in [0, 0.1) is 0 Å². The summed E-state index contributed by atoms with van der Waals surface area (Å²) in [6.45, 7) is 3.26. The lowest BCUT2D eigenvalue weighted by Crippen LogP contribution is -2.67. The van der Waals surface area contributed by atoms with Crippen molar-refractivity contribution in [1.29, 1.82) is 0 Å². The Bertz CT molecular complexity index is 190. The molecule has 0 bridgehead atoms. The van der Waals surface area contributed by atoms with Crippen LogP contribution in [0.4, 0.5) is 13.2 Å². The number of halogens is 3. The molecule has 0 aliphatic carbocycles. The predicted octanol–water partition coefficient (Wildman–Crippen LogP) is 0.946. The van der Waals surface area contributed by atoms with E-state index >= 15 is 0 Å². The van der Waals surface area contributed by atoms with E-state index in [1.165, 1.54) is 0 Å². The van der Waals surface area contributed by atoms with Gasteiger partial charge in [-0.1, -0.05) is 6.92 Å². The van der Waals surface area contributed by atoms with Crippen LogP contribution < -0.4 is 5.73 Å². The summed E-state index contributed by atoms with van der Waals surface area (Å²) in [6, 6.07) is 0. The molecule has 1 heterocycles. The van der Waals surface area contributed by atoms with Crippen LogP contribution in [0.5, 0.6) is 0 Å². The molecule has 2 N–H and O–H groups in total. The first-order valence-electron chi connectivity index (χ1n) is 4.56. The second-order valence-corrected chi connectivity index (χ2v) is 3.72. The third-order valence-corrected chi connectivity index (χ3v) is 2.45. The Kier molecular flexibility index (Phi) is 3.39. The van der Waals surface area contributed by atoms with E-state index in [1.54, 1.807) is 0 Å². The zero-order chi connectivity index (χ0) is 10.8. The number of nitrogens with two attached hydrogens (primary N) is 1. The van der Waals surface area contributed by atoms with Crippen LogP contribution in [-0.2, 0) is 4.74 Å². The van der Waals surface area contributed by atoms with Crippen molar-refractivity contribution in [3.8, 4) is 0 Å². The molecule has 3 nitrogen and oxygen atoms in total. The molecule has 0 unspecified atom stereocenters. The smallest absolute Gasteiger partial charge is 0.323 e. The van der Waals surface area contributed by atoms with E-state index in [0.29, 0.717) is 19.6 Å². The van der Waals surface area contributed by atoms with Crippen LogP contribution in [0.3, 0.4) is 0 Å². The summed E-state index contributed by atoms with van der Waals surface area (Å²) in [5.41, 5.74) is 5.65. The monoisotopic (exact) mass is 212 g/mol. The van der Waals surface area contributed by atoms with Crippen molar-refractivity contribution in [3.63, 3.8) is 0 Å². The van der Waals surface area contributed by atoms with E-state index in [-0.39, 0.29) is 12.1 Å². The fourth-order valence-electron chi connectivity index (χ4n) is 1.52. The van der Waals surface area contributed by atoms with Crippen molar-refractivity contribution in [1.82, 2.24) is 4.90 Å². The molecule has 0 radical (unpaired) electrons. The van der Waals surface area contributed by atoms with Crippen LogP contribution in [0.15, 0.2) is 0 Å². The Morgan fingerprint density at radius 1 is 1.43 bits per heavy atom. The average molecular weight is 212 g/mol. The second kappa shape index (κ2) is 4.04. The van der Waals surface area contributed by atoms with Gasteiger partial charge < -0.3 is 5.73 Å². The first kappa shape index (κ1) is 11.7. The summed E-state index contributed by atoms with van der Waals surface area (Å²) >= 11 is 0. The minimum Gasteiger partial charge on any atom is -0.323 e. The third kappa shape index (κ3) is 3.43. The lowest BCUT2D eigenvalue weighted by atomic mass is 9.88. The summed E-state index contributed by atoms with van der Waals surface area (Å²) in [5, 5.41) is 0. The topological polar surface area (TPSA) is 38.5 Å². The molecule has 6 heteroatoms. The summed E-state index contributed by atoms with van der Waals surface area (Å²) < 4.78 is 38.4. The Hall–Kier alpha value is -0.330. The first-order valence-corrected chi connectivity index (χ1v) is 4.56. The van der Waals surface area contributed by atoms with Crippen LogP contribution in [-0.4, -0.2) is 43.0 Å². The second-order valence-electron chi connectivity index (χ2n) is 3.72. The molecule has 1 rings (SSSR count). The number of hydrogen-bond donors (Lipinski definition) is 1. The number of nitrogens with zero attached hydrogens (tertiary/aromatic N) is 1. The predicted molar refractivity (Wildman–Crippen MR) is 45.7 cm³/mol. The van der Waals surface area contributed by atoms with Crippen LogP contribution in [0.1, 0.15) is 13.3 Å². The van der Waals surface area contributed by atoms with Crippen molar-refractivity contribution in [2.75, 3.05) is 26.2 Å². The van der Waals surface area contributed by atoms with Gasteiger partial charge in [-0.3, -0.25) is 9.64 Å². The Morgan fingerprint density at radius 3 is 2.43 bits per heavy atom. The van der Waals surface area contributed by atoms with Crippen LogP contribution in [0.25, 0.3) is 0 Å². The maximum Gasteiger partial charge on any atom is 0.522 e. The van der Waals surface area contributed by atoms with Gasteiger partial charge in [-0.15, -0.1) is 13.2 Å². The summed E-state index contributed by atoms with van der Waals surface area (Å²) in [4.78, 5) is 1.86. The number of hydrogen-bond acceptors (Lipinski definition) is 3. The van der Waals surface area contributed by atoms with Gasteiger partial charge in [-0.2, -0.15) is 0 Å². The number of alkyl halides is 3. The van der Waals surface area contributed by atoms with E-state index in [9.17, 15) is 13.2 Å². The van der Waals surface area contributed by atoms with Crippen LogP contribution in [0.2, 0.25) is 0 Å². The molecule has 84 valence electrons. The van der Waals surface area contributed by atoms with Gasteiger partial charge in [0.05, 0.1) is 6.61 Å². The Labute approximate surface area is 81.0 Å². The first-order chi connectivity index (χ1) is 6.35. The van der Waals surface area contributed by atoms with Crippen molar-refractivity contribution >= 4 is 0 Å². The SMILES string of the molecule is CCC1(N)CN(CCOC(F)(F)F)C1. The zero-order valence-electron chi connectivity index (χ0n) is 8.10. The van der Waals surface area contributed by atoms with Crippen molar-refractivity contribution in [2.45, 2.75) is 25.2 Å². The minimum absolute atomic E-state index is 0.196. The van der Waals surface area contributed by atoms with Crippen molar-refractivity contribution < 1.29 is 17.9 Å². The molecule has 1 fully saturated rings. The van der Waals surface area contributed by atoms with E-state index < -0.39 is 6.36 Å². The molecule has 0 atom stereocenters. The average Bonchev–Trinajstić information content (AvgIpc) is 1.98. The molecular weight excluding hydrogens is 197 g/mol. The lowest BCUT2D eigenvalue weighted by Gasteiger charge is -2.47. The molecular formula is C8H15F3N2O. The zero-order valence-corrected chi connectivity index (χ0v) is 8.10. The fraction of sp³-hybridized carbons (Fsp3) is 1.00. The lowest BCUT2D eigenvalue weighted by molar-refractivity contribution is -0.325. The van der Waals surface area contributed by atoms with E-state index in [1.807, 2.05) is 11.8 Å². The van der Waals surface area contributed by atoms with Gasteiger partial charge in [0.15, 0.2) is 0 Å². The summed E-state index contributed by atoms with van der Waals surface area (Å²) in [5.74, 6) is 0. The van der Waals surface area contributed by atoms with Gasteiger partial charge >= 0.3 is 6.36 Å². The Morgan fingerprint density at radius 2 is 2.00 bits per heavy atom. The summed E-state index contributed by atoms with van der Waals surface area (Å²) in [7, 11) is 0. The standard InChI is InChI=1S/C8H15F3N2O/c1-2-7(12)5-13(6-7)3-4-14-8(9,10)11/h2-6,12H2,1H3. The highest BCUT2D eigenvalue weighted by molar-refractivity contribution is 4.98. The van der Waals surface area contributed by atoms with Gasteiger partial charge in [-0.05, 0) is 6.42 Å².